The van der Waals surface area contributed by atoms with Gasteiger partial charge in [0.25, 0.3) is 5.91 Å². The molecule has 0 bridgehead atoms. The number of hydrogen-bond acceptors (Lipinski definition) is 4. The van der Waals surface area contributed by atoms with E-state index in [1.165, 1.54) is 4.68 Å². The van der Waals surface area contributed by atoms with Gasteiger partial charge in [-0.3, -0.25) is 14.6 Å². The highest BCUT2D eigenvalue weighted by atomic mass is 19.4. The summed E-state index contributed by atoms with van der Waals surface area (Å²) in [5, 5.41) is 14.9. The third-order valence-electron chi connectivity index (χ3n) is 2.48. The van der Waals surface area contributed by atoms with Crippen LogP contribution in [0.2, 0.25) is 0 Å². The minimum Gasteiger partial charge on any atom is -0.352 e. The minimum absolute atomic E-state index is 0.153. The minimum atomic E-state index is -4.64. The second kappa shape index (κ2) is 5.31. The molecule has 20 heavy (non-hydrogen) atoms. The quantitative estimate of drug-likeness (QED) is 0.859. The molecule has 0 saturated carbocycles. The predicted molar refractivity (Wildman–Crippen MR) is 60.6 cm³/mol. The molecule has 1 amide bonds. The normalized spacial score (nSPS) is 11.6. The van der Waals surface area contributed by atoms with Gasteiger partial charge in [0.1, 0.15) is 0 Å². The van der Waals surface area contributed by atoms with E-state index in [1.54, 1.807) is 18.3 Å². The molecule has 7 nitrogen and oxygen atoms in total. The van der Waals surface area contributed by atoms with E-state index >= 15 is 0 Å². The second-order valence-electron chi connectivity index (χ2n) is 4.05. The largest absolute Gasteiger partial charge is 0.433 e. The van der Waals surface area contributed by atoms with Crippen LogP contribution in [0.4, 0.5) is 13.2 Å². The Labute approximate surface area is 111 Å². The lowest BCUT2D eigenvalue weighted by Crippen LogP contribution is -2.27. The lowest BCUT2D eigenvalue weighted by Gasteiger charge is -2.07. The van der Waals surface area contributed by atoms with Gasteiger partial charge in [-0.05, 0) is 0 Å². The third-order valence-corrected chi connectivity index (χ3v) is 2.48. The summed E-state index contributed by atoms with van der Waals surface area (Å²) in [5.41, 5.74) is -1.05. The number of aryl methyl sites for hydroxylation is 1. The van der Waals surface area contributed by atoms with Crippen LogP contribution in [0.3, 0.4) is 0 Å². The van der Waals surface area contributed by atoms with Gasteiger partial charge >= 0.3 is 6.18 Å². The fourth-order valence-corrected chi connectivity index (χ4v) is 1.58. The Morgan fingerprint density at radius 1 is 1.50 bits per heavy atom. The zero-order valence-electron chi connectivity index (χ0n) is 10.4. The molecule has 108 valence electrons. The van der Waals surface area contributed by atoms with Crippen LogP contribution in [0.25, 0.3) is 0 Å². The summed E-state index contributed by atoms with van der Waals surface area (Å²) in [6, 6.07) is 0. The summed E-state index contributed by atoms with van der Waals surface area (Å²) in [6.45, 7) is 0.153. The number of nitrogens with one attached hydrogen (secondary N) is 2. The van der Waals surface area contributed by atoms with Gasteiger partial charge in [-0.2, -0.15) is 18.3 Å². The number of rotatable bonds is 4. The van der Waals surface area contributed by atoms with Crippen LogP contribution < -0.4 is 5.32 Å². The average molecular weight is 288 g/mol. The highest BCUT2D eigenvalue weighted by molar-refractivity contribution is 5.95. The highest BCUT2D eigenvalue weighted by Gasteiger charge is 2.37. The summed E-state index contributed by atoms with van der Waals surface area (Å²) in [6.07, 6.45) is -1.77. The molecule has 2 heterocycles. The van der Waals surface area contributed by atoms with Gasteiger partial charge in [0.05, 0.1) is 17.5 Å². The smallest absolute Gasteiger partial charge is 0.352 e. The molecule has 0 spiro atoms. The van der Waals surface area contributed by atoms with Crippen molar-refractivity contribution in [2.75, 3.05) is 6.54 Å². The first kappa shape index (κ1) is 14.0. The van der Waals surface area contributed by atoms with Gasteiger partial charge in [-0.1, -0.05) is 5.21 Å². The standard InChI is InChI=1S/C10H11F3N6O/c1-19-5-6(16-18-19)2-3-14-9(20)7-4-15-17-8(7)10(11,12)13/h4-5H,2-3H2,1H3,(H,14,20)(H,15,17). The highest BCUT2D eigenvalue weighted by Crippen LogP contribution is 2.29. The molecule has 2 N–H and O–H groups in total. The van der Waals surface area contributed by atoms with Crippen molar-refractivity contribution in [3.63, 3.8) is 0 Å². The number of amides is 1. The number of carbonyl (C=O) groups is 1. The van der Waals surface area contributed by atoms with Gasteiger partial charge in [0.2, 0.25) is 0 Å². The summed E-state index contributed by atoms with van der Waals surface area (Å²) < 4.78 is 39.2. The number of aromatic amines is 1. The maximum Gasteiger partial charge on any atom is 0.433 e. The first-order chi connectivity index (χ1) is 9.38. The maximum absolute atomic E-state index is 12.6. The van der Waals surface area contributed by atoms with Crippen molar-refractivity contribution >= 4 is 5.91 Å². The summed E-state index contributed by atoms with van der Waals surface area (Å²) >= 11 is 0. The van der Waals surface area contributed by atoms with Gasteiger partial charge in [0.15, 0.2) is 5.69 Å². The van der Waals surface area contributed by atoms with Crippen LogP contribution in [0.5, 0.6) is 0 Å². The van der Waals surface area contributed by atoms with E-state index in [9.17, 15) is 18.0 Å². The first-order valence-electron chi connectivity index (χ1n) is 5.62. The molecule has 10 heteroatoms. The average Bonchev–Trinajstić information content (AvgIpc) is 2.96. The lowest BCUT2D eigenvalue weighted by atomic mass is 10.2. The third kappa shape index (κ3) is 3.13. The Morgan fingerprint density at radius 2 is 2.25 bits per heavy atom. The molecular formula is C10H11F3N6O. The van der Waals surface area contributed by atoms with Crippen LogP contribution in [0, 0.1) is 0 Å². The number of aromatic nitrogens is 5. The van der Waals surface area contributed by atoms with E-state index in [-0.39, 0.29) is 6.54 Å². The first-order valence-corrected chi connectivity index (χ1v) is 5.62. The second-order valence-corrected chi connectivity index (χ2v) is 4.05. The number of carbonyl (C=O) groups excluding carboxylic acids is 1. The van der Waals surface area contributed by atoms with Crippen LogP contribution >= 0.6 is 0 Å². The summed E-state index contributed by atoms with van der Waals surface area (Å²) in [5.74, 6) is -0.838. The molecule has 0 atom stereocenters. The van der Waals surface area contributed by atoms with Crippen molar-refractivity contribution in [2.24, 2.45) is 7.05 Å². The molecule has 0 fully saturated rings. The molecule has 2 aromatic heterocycles. The Kier molecular flexibility index (Phi) is 3.72. The van der Waals surface area contributed by atoms with E-state index in [4.69, 9.17) is 0 Å². The fraction of sp³-hybridized carbons (Fsp3) is 0.400. The Balaban J connectivity index is 1.94. The number of alkyl halides is 3. The van der Waals surface area contributed by atoms with Crippen molar-refractivity contribution in [1.29, 1.82) is 0 Å². The Hall–Kier alpha value is -2.39. The van der Waals surface area contributed by atoms with Crippen LogP contribution in [0.15, 0.2) is 12.4 Å². The van der Waals surface area contributed by atoms with Crippen LogP contribution in [-0.2, 0) is 19.6 Å². The SMILES string of the molecule is Cn1cc(CCNC(=O)c2cn[nH]c2C(F)(F)F)nn1. The van der Waals surface area contributed by atoms with Crippen molar-refractivity contribution < 1.29 is 18.0 Å². The molecule has 0 radical (unpaired) electrons. The molecule has 0 aromatic carbocycles. The van der Waals surface area contributed by atoms with Gasteiger partial charge in [-0.15, -0.1) is 5.10 Å². The monoisotopic (exact) mass is 288 g/mol. The lowest BCUT2D eigenvalue weighted by molar-refractivity contribution is -0.141. The summed E-state index contributed by atoms with van der Waals surface area (Å²) in [4.78, 5) is 11.7. The van der Waals surface area contributed by atoms with Crippen molar-refractivity contribution in [2.45, 2.75) is 12.6 Å². The number of halogens is 3. The van der Waals surface area contributed by atoms with E-state index < -0.39 is 23.3 Å². The van der Waals surface area contributed by atoms with Crippen molar-refractivity contribution in [1.82, 2.24) is 30.5 Å². The zero-order valence-corrected chi connectivity index (χ0v) is 10.4. The van der Waals surface area contributed by atoms with E-state index in [0.29, 0.717) is 12.1 Å². The molecule has 2 rings (SSSR count). The molecule has 0 saturated heterocycles. The number of hydrogen-bond donors (Lipinski definition) is 2. The number of H-pyrrole nitrogens is 1. The molecule has 0 aliphatic carbocycles. The Bertz CT molecular complexity index is 602. The van der Waals surface area contributed by atoms with Crippen molar-refractivity contribution in [3.8, 4) is 0 Å². The number of nitrogens with zero attached hydrogens (tertiary/aromatic N) is 4. The molecule has 0 unspecified atom stereocenters. The van der Waals surface area contributed by atoms with E-state index in [0.717, 1.165) is 6.20 Å². The van der Waals surface area contributed by atoms with Gasteiger partial charge < -0.3 is 5.32 Å². The van der Waals surface area contributed by atoms with Crippen LogP contribution in [0.1, 0.15) is 21.7 Å². The maximum atomic E-state index is 12.6. The zero-order chi connectivity index (χ0) is 14.8. The molecular weight excluding hydrogens is 277 g/mol. The van der Waals surface area contributed by atoms with Gasteiger partial charge in [-0.25, -0.2) is 0 Å². The summed E-state index contributed by atoms with van der Waals surface area (Å²) in [7, 11) is 1.69. The van der Waals surface area contributed by atoms with E-state index in [2.05, 4.69) is 20.7 Å². The topological polar surface area (TPSA) is 88.5 Å². The Morgan fingerprint density at radius 3 is 2.85 bits per heavy atom. The predicted octanol–water partition coefficient (Wildman–Crippen LogP) is 0.529. The van der Waals surface area contributed by atoms with Gasteiger partial charge in [0, 0.05) is 26.2 Å². The molecule has 0 aliphatic rings. The molecule has 0 aliphatic heterocycles. The fourth-order valence-electron chi connectivity index (χ4n) is 1.58. The van der Waals surface area contributed by atoms with E-state index in [1.807, 2.05) is 0 Å². The van der Waals surface area contributed by atoms with Crippen molar-refractivity contribution in [3.05, 3.63) is 29.3 Å². The molecule has 2 aromatic rings. The van der Waals surface area contributed by atoms with Crippen LogP contribution in [-0.4, -0.2) is 37.6 Å².